The van der Waals surface area contributed by atoms with Crippen LogP contribution >= 0.6 is 11.8 Å². The van der Waals surface area contributed by atoms with E-state index in [2.05, 4.69) is 20.7 Å². The van der Waals surface area contributed by atoms with Gasteiger partial charge in [0, 0.05) is 17.7 Å². The Bertz CT molecular complexity index is 1060. The normalized spacial score (nSPS) is 11.0. The summed E-state index contributed by atoms with van der Waals surface area (Å²) in [6.07, 6.45) is 1.52. The first-order chi connectivity index (χ1) is 15.0. The van der Waals surface area contributed by atoms with E-state index in [4.69, 9.17) is 9.47 Å². The number of amides is 1. The third-order valence-corrected chi connectivity index (χ3v) is 5.47. The molecule has 8 nitrogen and oxygen atoms in total. The summed E-state index contributed by atoms with van der Waals surface area (Å²) in [6.45, 7) is 4.77. The highest BCUT2D eigenvalue weighted by Gasteiger charge is 2.14. The molecule has 0 aliphatic rings. The monoisotopic (exact) mass is 439 g/mol. The zero-order chi connectivity index (χ0) is 22.2. The molecule has 0 saturated carbocycles. The van der Waals surface area contributed by atoms with Gasteiger partial charge >= 0.3 is 0 Å². The average Bonchev–Trinajstić information content (AvgIpc) is 3.21. The fourth-order valence-corrected chi connectivity index (χ4v) is 3.67. The minimum atomic E-state index is -0.245. The van der Waals surface area contributed by atoms with E-state index in [-0.39, 0.29) is 11.7 Å². The standard InChI is InChI=1S/C22H25N5O3S/c1-5-27-21(16-8-6-15(2)7-9-16)25-26-22(27)31-14-20(28)24-23-13-17-12-18(29-3)10-11-19(17)30-4/h6-13H,5,14H2,1-4H3,(H,24,28)/b23-13-. The number of hydrogen-bond donors (Lipinski definition) is 1. The van der Waals surface area contributed by atoms with Gasteiger partial charge in [-0.3, -0.25) is 4.79 Å². The number of thioether (sulfide) groups is 1. The summed E-state index contributed by atoms with van der Waals surface area (Å²) in [5, 5.41) is 13.3. The van der Waals surface area contributed by atoms with Crippen molar-refractivity contribution in [1.29, 1.82) is 0 Å². The van der Waals surface area contributed by atoms with Crippen LogP contribution < -0.4 is 14.9 Å². The minimum Gasteiger partial charge on any atom is -0.497 e. The first-order valence-electron chi connectivity index (χ1n) is 9.72. The van der Waals surface area contributed by atoms with Crippen LogP contribution in [0.4, 0.5) is 0 Å². The largest absolute Gasteiger partial charge is 0.497 e. The van der Waals surface area contributed by atoms with E-state index in [1.807, 2.05) is 42.7 Å². The van der Waals surface area contributed by atoms with Crippen LogP contribution in [-0.4, -0.2) is 46.9 Å². The zero-order valence-electron chi connectivity index (χ0n) is 18.0. The van der Waals surface area contributed by atoms with E-state index in [1.165, 1.54) is 23.5 Å². The molecule has 1 N–H and O–H groups in total. The number of nitrogens with zero attached hydrogens (tertiary/aromatic N) is 4. The molecule has 0 spiro atoms. The summed E-state index contributed by atoms with van der Waals surface area (Å²) in [5.74, 6) is 2.01. The first-order valence-corrected chi connectivity index (χ1v) is 10.7. The average molecular weight is 440 g/mol. The molecule has 1 amide bonds. The summed E-state index contributed by atoms with van der Waals surface area (Å²) in [5.41, 5.74) is 5.40. The molecule has 0 atom stereocenters. The summed E-state index contributed by atoms with van der Waals surface area (Å²) >= 11 is 1.32. The number of carbonyl (C=O) groups is 1. The van der Waals surface area contributed by atoms with Gasteiger partial charge in [-0.15, -0.1) is 10.2 Å². The third kappa shape index (κ3) is 5.64. The Hall–Kier alpha value is -3.33. The van der Waals surface area contributed by atoms with Gasteiger partial charge < -0.3 is 14.0 Å². The zero-order valence-corrected chi connectivity index (χ0v) is 18.8. The predicted molar refractivity (Wildman–Crippen MR) is 122 cm³/mol. The van der Waals surface area contributed by atoms with Crippen molar-refractivity contribution in [3.05, 3.63) is 53.6 Å². The molecule has 9 heteroatoms. The molecule has 162 valence electrons. The van der Waals surface area contributed by atoms with Gasteiger partial charge in [0.2, 0.25) is 0 Å². The van der Waals surface area contributed by atoms with Gasteiger partial charge in [-0.25, -0.2) is 5.43 Å². The lowest BCUT2D eigenvalue weighted by Gasteiger charge is -2.07. The van der Waals surface area contributed by atoms with E-state index >= 15 is 0 Å². The number of aromatic nitrogens is 3. The molecule has 0 aliphatic heterocycles. The van der Waals surface area contributed by atoms with Crippen molar-refractivity contribution in [1.82, 2.24) is 20.2 Å². The number of hydrogen-bond acceptors (Lipinski definition) is 7. The number of ether oxygens (including phenoxy) is 2. The second-order valence-corrected chi connectivity index (χ2v) is 7.55. The van der Waals surface area contributed by atoms with Gasteiger partial charge in [0.25, 0.3) is 5.91 Å². The second kappa shape index (κ2) is 10.6. The van der Waals surface area contributed by atoms with E-state index in [9.17, 15) is 4.79 Å². The highest BCUT2D eigenvalue weighted by Crippen LogP contribution is 2.24. The molecule has 1 heterocycles. The van der Waals surface area contributed by atoms with Gasteiger partial charge in [-0.1, -0.05) is 41.6 Å². The number of aryl methyl sites for hydroxylation is 1. The quantitative estimate of drug-likeness (QED) is 0.312. The Balaban J connectivity index is 1.61. The molecule has 31 heavy (non-hydrogen) atoms. The van der Waals surface area contributed by atoms with Crippen LogP contribution in [0, 0.1) is 6.92 Å². The van der Waals surface area contributed by atoms with Crippen LogP contribution in [0.5, 0.6) is 11.5 Å². The van der Waals surface area contributed by atoms with Gasteiger partial charge in [0.15, 0.2) is 11.0 Å². The maximum atomic E-state index is 12.2. The van der Waals surface area contributed by atoms with E-state index in [1.54, 1.807) is 32.4 Å². The SMILES string of the molecule is CCn1c(SCC(=O)N/N=C\c2cc(OC)ccc2OC)nnc1-c1ccc(C)cc1. The second-order valence-electron chi connectivity index (χ2n) is 6.61. The van der Waals surface area contributed by atoms with Gasteiger partial charge in [0.1, 0.15) is 11.5 Å². The summed E-state index contributed by atoms with van der Waals surface area (Å²) < 4.78 is 12.5. The van der Waals surface area contributed by atoms with Crippen molar-refractivity contribution < 1.29 is 14.3 Å². The third-order valence-electron chi connectivity index (χ3n) is 4.50. The Morgan fingerprint density at radius 2 is 1.94 bits per heavy atom. The Morgan fingerprint density at radius 3 is 2.61 bits per heavy atom. The lowest BCUT2D eigenvalue weighted by atomic mass is 10.1. The summed E-state index contributed by atoms with van der Waals surface area (Å²) in [6, 6.07) is 13.5. The van der Waals surface area contributed by atoms with Crippen LogP contribution in [0.25, 0.3) is 11.4 Å². The van der Waals surface area contributed by atoms with Crippen molar-refractivity contribution >= 4 is 23.9 Å². The molecule has 2 aromatic carbocycles. The van der Waals surface area contributed by atoms with Gasteiger partial charge in [-0.05, 0) is 32.0 Å². The summed E-state index contributed by atoms with van der Waals surface area (Å²) in [4.78, 5) is 12.2. The van der Waals surface area contributed by atoms with Gasteiger partial charge in [-0.2, -0.15) is 5.10 Å². The number of carbonyl (C=O) groups excluding carboxylic acids is 1. The fourth-order valence-electron chi connectivity index (χ4n) is 2.87. The minimum absolute atomic E-state index is 0.165. The Kier molecular flexibility index (Phi) is 7.66. The number of benzene rings is 2. The molecule has 1 aromatic heterocycles. The van der Waals surface area contributed by atoms with Crippen LogP contribution in [0.3, 0.4) is 0 Å². The van der Waals surface area contributed by atoms with Crippen LogP contribution in [0.1, 0.15) is 18.1 Å². The van der Waals surface area contributed by atoms with Crippen molar-refractivity contribution in [2.75, 3.05) is 20.0 Å². The molecule has 0 aliphatic carbocycles. The van der Waals surface area contributed by atoms with E-state index in [0.717, 1.165) is 11.4 Å². The van der Waals surface area contributed by atoms with Crippen LogP contribution in [0.15, 0.2) is 52.7 Å². The highest BCUT2D eigenvalue weighted by molar-refractivity contribution is 7.99. The van der Waals surface area contributed by atoms with Crippen LogP contribution in [-0.2, 0) is 11.3 Å². The van der Waals surface area contributed by atoms with E-state index in [0.29, 0.717) is 28.8 Å². The number of nitrogens with one attached hydrogen (secondary N) is 1. The van der Waals surface area contributed by atoms with Crippen LogP contribution in [0.2, 0.25) is 0 Å². The van der Waals surface area contributed by atoms with Crippen molar-refractivity contribution in [3.8, 4) is 22.9 Å². The molecule has 0 bridgehead atoms. The topological polar surface area (TPSA) is 90.6 Å². The Labute approximate surface area is 185 Å². The molecule has 0 fully saturated rings. The smallest absolute Gasteiger partial charge is 0.250 e. The highest BCUT2D eigenvalue weighted by atomic mass is 32.2. The maximum absolute atomic E-state index is 12.2. The van der Waals surface area contributed by atoms with Crippen molar-refractivity contribution in [3.63, 3.8) is 0 Å². The first kappa shape index (κ1) is 22.4. The lowest BCUT2D eigenvalue weighted by molar-refractivity contribution is -0.118. The molecule has 0 saturated heterocycles. The Morgan fingerprint density at radius 1 is 1.16 bits per heavy atom. The lowest BCUT2D eigenvalue weighted by Crippen LogP contribution is -2.20. The summed E-state index contributed by atoms with van der Waals surface area (Å²) in [7, 11) is 3.16. The number of rotatable bonds is 9. The molecule has 3 rings (SSSR count). The molecular formula is C22H25N5O3S. The molecule has 3 aromatic rings. The molecular weight excluding hydrogens is 414 g/mol. The molecule has 0 radical (unpaired) electrons. The fraction of sp³-hybridized carbons (Fsp3) is 0.273. The number of hydrazone groups is 1. The van der Waals surface area contributed by atoms with E-state index < -0.39 is 0 Å². The van der Waals surface area contributed by atoms with Crippen molar-refractivity contribution in [2.24, 2.45) is 5.10 Å². The molecule has 0 unspecified atom stereocenters. The van der Waals surface area contributed by atoms with Gasteiger partial charge in [0.05, 0.1) is 26.2 Å². The number of methoxy groups -OCH3 is 2. The predicted octanol–water partition coefficient (Wildman–Crippen LogP) is 3.53. The van der Waals surface area contributed by atoms with Crippen molar-refractivity contribution in [2.45, 2.75) is 25.5 Å². The maximum Gasteiger partial charge on any atom is 0.250 e.